The highest BCUT2D eigenvalue weighted by Gasteiger charge is 2.19. The highest BCUT2D eigenvalue weighted by Crippen LogP contribution is 2.29. The van der Waals surface area contributed by atoms with E-state index in [1.807, 2.05) is 42.5 Å². The van der Waals surface area contributed by atoms with Gasteiger partial charge in [0.05, 0.1) is 25.0 Å². The normalized spacial score (nSPS) is 11.7. The summed E-state index contributed by atoms with van der Waals surface area (Å²) in [6.45, 7) is 7.15. The maximum atomic E-state index is 5.87. The van der Waals surface area contributed by atoms with E-state index in [-0.39, 0.29) is 5.41 Å². The molecule has 3 aromatic heterocycles. The quantitative estimate of drug-likeness (QED) is 0.244. The molecule has 35 heavy (non-hydrogen) atoms. The molecule has 178 valence electrons. The molecule has 5 aromatic rings. The molecule has 0 aliphatic heterocycles. The third-order valence-electron chi connectivity index (χ3n) is 5.65. The second kappa shape index (κ2) is 9.92. The van der Waals surface area contributed by atoms with Crippen LogP contribution in [0.4, 0.5) is 0 Å². The fraction of sp³-hybridized carbons (Fsp3) is 0.259. The number of hydrogen-bond acceptors (Lipinski definition) is 7. The van der Waals surface area contributed by atoms with Gasteiger partial charge in [-0.25, -0.2) is 0 Å². The topological polar surface area (TPSA) is 82.8 Å². The van der Waals surface area contributed by atoms with Crippen molar-refractivity contribution in [2.75, 3.05) is 0 Å². The van der Waals surface area contributed by atoms with Gasteiger partial charge in [0.25, 0.3) is 0 Å². The molecule has 0 saturated heterocycles. The van der Waals surface area contributed by atoms with Crippen molar-refractivity contribution in [3.05, 3.63) is 102 Å². The minimum Gasteiger partial charge on any atom is -0.467 e. The lowest BCUT2D eigenvalue weighted by atomic mass is 9.87. The van der Waals surface area contributed by atoms with E-state index >= 15 is 0 Å². The van der Waals surface area contributed by atoms with Crippen molar-refractivity contribution in [3.8, 4) is 11.4 Å². The average molecular weight is 486 g/mol. The lowest BCUT2D eigenvalue weighted by molar-refractivity contribution is 0.473. The van der Waals surface area contributed by atoms with E-state index in [9.17, 15) is 0 Å². The summed E-state index contributed by atoms with van der Waals surface area (Å²) in [5.41, 5.74) is 3.50. The molecule has 0 radical (unpaired) electrons. The molecular formula is C27H27N5O2S. The number of benzene rings is 2. The first kappa shape index (κ1) is 23.1. The predicted octanol–water partition coefficient (Wildman–Crippen LogP) is 6.15. The second-order valence-corrected chi connectivity index (χ2v) is 10.3. The Morgan fingerprint density at radius 2 is 1.60 bits per heavy atom. The third kappa shape index (κ3) is 5.54. The Hall–Kier alpha value is -3.65. The van der Waals surface area contributed by atoms with Crippen LogP contribution in [0.5, 0.6) is 0 Å². The van der Waals surface area contributed by atoms with Crippen LogP contribution in [0.2, 0.25) is 0 Å². The van der Waals surface area contributed by atoms with Crippen molar-refractivity contribution in [1.29, 1.82) is 0 Å². The molecule has 7 nitrogen and oxygen atoms in total. The van der Waals surface area contributed by atoms with Crippen LogP contribution >= 0.6 is 11.8 Å². The van der Waals surface area contributed by atoms with Crippen molar-refractivity contribution < 1.29 is 8.83 Å². The first-order valence-electron chi connectivity index (χ1n) is 11.5. The summed E-state index contributed by atoms with van der Waals surface area (Å²) in [5, 5.41) is 18.2. The summed E-state index contributed by atoms with van der Waals surface area (Å²) >= 11 is 1.52. The predicted molar refractivity (Wildman–Crippen MR) is 135 cm³/mol. The van der Waals surface area contributed by atoms with Gasteiger partial charge in [-0.3, -0.25) is 4.57 Å². The maximum Gasteiger partial charge on any atom is 0.226 e. The van der Waals surface area contributed by atoms with Gasteiger partial charge in [0.2, 0.25) is 11.8 Å². The zero-order valence-corrected chi connectivity index (χ0v) is 20.8. The summed E-state index contributed by atoms with van der Waals surface area (Å²) in [6.07, 6.45) is 2.29. The minimum atomic E-state index is 0.0881. The van der Waals surface area contributed by atoms with E-state index in [0.717, 1.165) is 27.9 Å². The van der Waals surface area contributed by atoms with Gasteiger partial charge >= 0.3 is 0 Å². The van der Waals surface area contributed by atoms with E-state index in [1.54, 1.807) is 6.26 Å². The SMILES string of the molecule is CC(C)(C)c1ccc(-c2nnc(SCc3nnc(Cc4ccccc4)o3)n2Cc2ccco2)cc1. The molecule has 0 unspecified atom stereocenters. The Kier molecular flexibility index (Phi) is 6.55. The van der Waals surface area contributed by atoms with Crippen LogP contribution in [0.15, 0.2) is 87.0 Å². The van der Waals surface area contributed by atoms with Crippen LogP contribution in [0.1, 0.15) is 49.4 Å². The Morgan fingerprint density at radius 1 is 0.829 bits per heavy atom. The van der Waals surface area contributed by atoms with Crippen LogP contribution in [-0.2, 0) is 24.1 Å². The first-order chi connectivity index (χ1) is 17.0. The molecule has 2 aromatic carbocycles. The standard InChI is InChI=1S/C27H27N5O2S/c1-27(2,3)21-13-11-20(12-14-21)25-30-31-26(32(25)17-22-10-7-15-33-22)35-18-24-29-28-23(34-24)16-19-8-5-4-6-9-19/h4-15H,16-18H2,1-3H3. The Morgan fingerprint density at radius 3 is 2.31 bits per heavy atom. The molecule has 0 saturated carbocycles. The van der Waals surface area contributed by atoms with Crippen molar-refractivity contribution in [3.63, 3.8) is 0 Å². The first-order valence-corrected chi connectivity index (χ1v) is 12.5. The number of rotatable bonds is 8. The fourth-order valence-electron chi connectivity index (χ4n) is 3.74. The smallest absolute Gasteiger partial charge is 0.226 e. The maximum absolute atomic E-state index is 5.87. The van der Waals surface area contributed by atoms with Crippen molar-refractivity contribution in [2.45, 2.75) is 50.1 Å². The van der Waals surface area contributed by atoms with Crippen LogP contribution in [-0.4, -0.2) is 25.0 Å². The highest BCUT2D eigenvalue weighted by molar-refractivity contribution is 7.98. The van der Waals surface area contributed by atoms with Gasteiger partial charge < -0.3 is 8.83 Å². The summed E-state index contributed by atoms with van der Waals surface area (Å²) in [7, 11) is 0. The van der Waals surface area contributed by atoms with E-state index < -0.39 is 0 Å². The van der Waals surface area contributed by atoms with Crippen LogP contribution in [0.3, 0.4) is 0 Å². The molecule has 0 amide bonds. The van der Waals surface area contributed by atoms with Gasteiger partial charge in [-0.1, -0.05) is 87.1 Å². The molecule has 0 N–H and O–H groups in total. The van der Waals surface area contributed by atoms with Gasteiger partial charge in [-0.2, -0.15) is 0 Å². The number of thioether (sulfide) groups is 1. The summed E-state index contributed by atoms with van der Waals surface area (Å²) in [6, 6.07) is 22.4. The van der Waals surface area contributed by atoms with Crippen LogP contribution < -0.4 is 0 Å². The lowest BCUT2D eigenvalue weighted by Crippen LogP contribution is -2.10. The molecule has 5 rings (SSSR count). The zero-order valence-electron chi connectivity index (χ0n) is 20.0. The molecule has 0 atom stereocenters. The van der Waals surface area contributed by atoms with Gasteiger partial charge in [0, 0.05) is 5.56 Å². The summed E-state index contributed by atoms with van der Waals surface area (Å²) < 4.78 is 13.6. The number of hydrogen-bond donors (Lipinski definition) is 0. The van der Waals surface area contributed by atoms with Crippen molar-refractivity contribution in [1.82, 2.24) is 25.0 Å². The second-order valence-electron chi connectivity index (χ2n) is 9.34. The van der Waals surface area contributed by atoms with E-state index in [0.29, 0.717) is 30.5 Å². The van der Waals surface area contributed by atoms with Crippen LogP contribution in [0, 0.1) is 0 Å². The Labute approximate surface area is 208 Å². The molecule has 0 fully saturated rings. The summed E-state index contributed by atoms with van der Waals surface area (Å²) in [4.78, 5) is 0. The largest absolute Gasteiger partial charge is 0.467 e. The molecule has 3 heterocycles. The molecule has 0 aliphatic rings. The molecule has 0 spiro atoms. The summed E-state index contributed by atoms with van der Waals surface area (Å²) in [5.74, 6) is 3.29. The highest BCUT2D eigenvalue weighted by atomic mass is 32.2. The number of aromatic nitrogens is 5. The van der Waals surface area contributed by atoms with Crippen molar-refractivity contribution in [2.24, 2.45) is 0 Å². The van der Waals surface area contributed by atoms with Gasteiger partial charge in [0.15, 0.2) is 11.0 Å². The van der Waals surface area contributed by atoms with Gasteiger partial charge in [0.1, 0.15) is 5.76 Å². The van der Waals surface area contributed by atoms with Gasteiger partial charge in [-0.05, 0) is 28.7 Å². The van der Waals surface area contributed by atoms with Gasteiger partial charge in [-0.15, -0.1) is 20.4 Å². The average Bonchev–Trinajstić information content (AvgIpc) is 3.60. The third-order valence-corrected chi connectivity index (χ3v) is 6.60. The Balaban J connectivity index is 1.36. The number of nitrogens with zero attached hydrogens (tertiary/aromatic N) is 5. The van der Waals surface area contributed by atoms with E-state index in [1.165, 1.54) is 17.3 Å². The lowest BCUT2D eigenvalue weighted by Gasteiger charge is -2.19. The monoisotopic (exact) mass is 485 g/mol. The molecule has 8 heteroatoms. The number of furan rings is 1. The zero-order chi connectivity index (χ0) is 24.3. The van der Waals surface area contributed by atoms with Crippen LogP contribution in [0.25, 0.3) is 11.4 Å². The molecular weight excluding hydrogens is 458 g/mol. The molecule has 0 aliphatic carbocycles. The van der Waals surface area contributed by atoms with Crippen molar-refractivity contribution >= 4 is 11.8 Å². The van der Waals surface area contributed by atoms with E-state index in [4.69, 9.17) is 8.83 Å². The molecule has 0 bridgehead atoms. The van der Waals surface area contributed by atoms with E-state index in [2.05, 4.69) is 70.0 Å². The minimum absolute atomic E-state index is 0.0881. The fourth-order valence-corrected chi connectivity index (χ4v) is 4.52. The Bertz CT molecular complexity index is 1370.